The summed E-state index contributed by atoms with van der Waals surface area (Å²) in [6.45, 7) is 7.71. The smallest absolute Gasteiger partial charge is 0.237 e. The highest BCUT2D eigenvalue weighted by atomic mass is 19.1. The number of nitrogens with one attached hydrogen (secondary N) is 3. The van der Waals surface area contributed by atoms with Gasteiger partial charge in [-0.25, -0.2) is 13.2 Å². The molecule has 1 heterocycles. The van der Waals surface area contributed by atoms with Crippen molar-refractivity contribution >= 4 is 16.8 Å². The molecule has 1 aliphatic rings. The van der Waals surface area contributed by atoms with Gasteiger partial charge in [-0.3, -0.25) is 10.1 Å². The van der Waals surface area contributed by atoms with Gasteiger partial charge >= 0.3 is 0 Å². The fourth-order valence-electron chi connectivity index (χ4n) is 4.93. The fraction of sp³-hybridized carbons (Fsp3) is 0.464. The van der Waals surface area contributed by atoms with Crippen LogP contribution in [0, 0.1) is 23.4 Å². The number of fused-ring (bicyclic) bond motifs is 1. The largest absolute Gasteiger partial charge is 0.356 e. The number of benzene rings is 2. The maximum absolute atomic E-state index is 14.6. The van der Waals surface area contributed by atoms with Gasteiger partial charge in [-0.2, -0.15) is 0 Å². The Morgan fingerprint density at radius 2 is 1.81 bits per heavy atom. The summed E-state index contributed by atoms with van der Waals surface area (Å²) in [5.41, 5.74) is 1.80. The van der Waals surface area contributed by atoms with Crippen molar-refractivity contribution < 1.29 is 27.8 Å². The standard InChI is InChI=1S/C28H34F3N3O3/c1-5-22(33-27(36)37-28(2,3)4)26(35)32-14-15-10-17(11-15)23-20-12-19(30)13-21(31)25(20)34-24(23)16-6-8-18(29)9-7-16/h6-9,12-13,15,17,22,27,33-34,36H,5,10-11,14H2,1-4H3,(H,32,35)/t15-,17-,22-,27?/m0/s1. The SMILES string of the molecule is CC[C@H](NC(O)OC(C)(C)C)C(=O)NC[C@H]1C[C@H](c2c(-c3ccc(F)cc3)[nH]c3c(F)cc(F)cc32)C1. The van der Waals surface area contributed by atoms with Crippen LogP contribution < -0.4 is 10.6 Å². The molecule has 3 aromatic rings. The Bertz CT molecular complexity index is 1250. The maximum atomic E-state index is 14.6. The summed E-state index contributed by atoms with van der Waals surface area (Å²) < 4.78 is 47.6. The number of ether oxygens (including phenoxy) is 1. The van der Waals surface area contributed by atoms with Gasteiger partial charge in [0.05, 0.1) is 22.9 Å². The van der Waals surface area contributed by atoms with E-state index in [1.807, 2.05) is 27.7 Å². The van der Waals surface area contributed by atoms with E-state index in [9.17, 15) is 23.1 Å². The van der Waals surface area contributed by atoms with Gasteiger partial charge in [-0.15, -0.1) is 0 Å². The van der Waals surface area contributed by atoms with Crippen molar-refractivity contribution in [2.24, 2.45) is 5.92 Å². The van der Waals surface area contributed by atoms with Crippen molar-refractivity contribution in [2.75, 3.05) is 6.54 Å². The molecule has 37 heavy (non-hydrogen) atoms. The van der Waals surface area contributed by atoms with Crippen LogP contribution in [0.3, 0.4) is 0 Å². The lowest BCUT2D eigenvalue weighted by Gasteiger charge is -2.36. The van der Waals surface area contributed by atoms with Gasteiger partial charge in [0.15, 0.2) is 0 Å². The summed E-state index contributed by atoms with van der Waals surface area (Å²) in [7, 11) is 0. The Kier molecular flexibility index (Phi) is 7.96. The molecular weight excluding hydrogens is 483 g/mol. The zero-order valence-electron chi connectivity index (χ0n) is 21.5. The number of aliphatic hydroxyl groups is 1. The Morgan fingerprint density at radius 3 is 2.43 bits per heavy atom. The van der Waals surface area contributed by atoms with Crippen LogP contribution in [0.2, 0.25) is 0 Å². The highest BCUT2D eigenvalue weighted by molar-refractivity contribution is 5.92. The Hall–Kier alpha value is -2.88. The number of carbonyl (C=O) groups is 1. The zero-order chi connectivity index (χ0) is 26.9. The molecule has 0 radical (unpaired) electrons. The van der Waals surface area contributed by atoms with Crippen molar-refractivity contribution in [2.45, 2.75) is 70.9 Å². The first-order chi connectivity index (χ1) is 17.4. The minimum absolute atomic E-state index is 0.0269. The molecule has 1 aromatic heterocycles. The highest BCUT2D eigenvalue weighted by Crippen LogP contribution is 2.48. The van der Waals surface area contributed by atoms with Crippen LogP contribution in [-0.2, 0) is 9.53 Å². The third kappa shape index (κ3) is 6.34. The topological polar surface area (TPSA) is 86.4 Å². The van der Waals surface area contributed by atoms with E-state index < -0.39 is 29.7 Å². The van der Waals surface area contributed by atoms with Gasteiger partial charge in [-0.1, -0.05) is 6.92 Å². The molecule has 6 nitrogen and oxygen atoms in total. The van der Waals surface area contributed by atoms with Crippen LogP contribution in [0.5, 0.6) is 0 Å². The number of aliphatic hydroxyl groups excluding tert-OH is 1. The molecule has 1 amide bonds. The predicted molar refractivity (Wildman–Crippen MR) is 136 cm³/mol. The van der Waals surface area contributed by atoms with Gasteiger partial charge in [0.25, 0.3) is 0 Å². The fourth-order valence-corrected chi connectivity index (χ4v) is 4.93. The summed E-state index contributed by atoms with van der Waals surface area (Å²) in [6.07, 6.45) is 0.646. The van der Waals surface area contributed by atoms with Crippen LogP contribution in [-0.4, -0.2) is 40.6 Å². The monoisotopic (exact) mass is 517 g/mol. The lowest BCUT2D eigenvalue weighted by Crippen LogP contribution is -2.51. The third-order valence-electron chi connectivity index (χ3n) is 6.74. The lowest BCUT2D eigenvalue weighted by molar-refractivity contribution is -0.187. The van der Waals surface area contributed by atoms with Crippen LogP contribution in [0.4, 0.5) is 13.2 Å². The van der Waals surface area contributed by atoms with Crippen LogP contribution in [0.25, 0.3) is 22.2 Å². The van der Waals surface area contributed by atoms with Gasteiger partial charge in [0, 0.05) is 18.0 Å². The molecule has 1 aliphatic carbocycles. The molecule has 2 aromatic carbocycles. The van der Waals surface area contributed by atoms with E-state index in [1.165, 1.54) is 18.2 Å². The van der Waals surface area contributed by atoms with E-state index in [0.717, 1.165) is 24.5 Å². The molecule has 2 atom stereocenters. The molecule has 0 bridgehead atoms. The number of H-pyrrole nitrogens is 1. The molecule has 0 saturated heterocycles. The number of hydrogen-bond acceptors (Lipinski definition) is 4. The first-order valence-corrected chi connectivity index (χ1v) is 12.6. The summed E-state index contributed by atoms with van der Waals surface area (Å²) in [5, 5.41) is 16.3. The van der Waals surface area contributed by atoms with Gasteiger partial charge in [0.1, 0.15) is 17.5 Å². The minimum Gasteiger partial charge on any atom is -0.356 e. The predicted octanol–water partition coefficient (Wildman–Crippen LogP) is 5.32. The Labute approximate surface area is 214 Å². The Balaban J connectivity index is 1.44. The molecule has 1 fully saturated rings. The Morgan fingerprint density at radius 1 is 1.14 bits per heavy atom. The second-order valence-electron chi connectivity index (χ2n) is 10.7. The van der Waals surface area contributed by atoms with E-state index >= 15 is 0 Å². The summed E-state index contributed by atoms with van der Waals surface area (Å²) in [4.78, 5) is 15.8. The number of amides is 1. The second-order valence-corrected chi connectivity index (χ2v) is 10.7. The number of aromatic amines is 1. The van der Waals surface area contributed by atoms with Crippen molar-refractivity contribution in [3.63, 3.8) is 0 Å². The zero-order valence-corrected chi connectivity index (χ0v) is 21.5. The number of halogens is 3. The molecule has 4 rings (SSSR count). The van der Waals surface area contributed by atoms with Crippen LogP contribution >= 0.6 is 0 Å². The van der Waals surface area contributed by atoms with E-state index in [-0.39, 0.29) is 29.1 Å². The minimum atomic E-state index is -1.27. The van der Waals surface area contributed by atoms with Crippen LogP contribution in [0.15, 0.2) is 36.4 Å². The van der Waals surface area contributed by atoms with Crippen molar-refractivity contribution in [1.29, 1.82) is 0 Å². The van der Waals surface area contributed by atoms with Crippen molar-refractivity contribution in [3.8, 4) is 11.3 Å². The summed E-state index contributed by atoms with van der Waals surface area (Å²) in [5.74, 6) is -1.73. The number of hydrogen-bond donors (Lipinski definition) is 4. The summed E-state index contributed by atoms with van der Waals surface area (Å²) >= 11 is 0. The first kappa shape index (κ1) is 27.2. The average Bonchev–Trinajstić information content (AvgIpc) is 3.15. The third-order valence-corrected chi connectivity index (χ3v) is 6.74. The molecule has 9 heteroatoms. The summed E-state index contributed by atoms with van der Waals surface area (Å²) in [6, 6.07) is 7.46. The highest BCUT2D eigenvalue weighted by Gasteiger charge is 2.35. The number of rotatable bonds is 9. The normalized spacial score (nSPS) is 19.5. The quantitative estimate of drug-likeness (QED) is 0.290. The van der Waals surface area contributed by atoms with Gasteiger partial charge in [0.2, 0.25) is 12.3 Å². The van der Waals surface area contributed by atoms with E-state index in [0.29, 0.717) is 29.6 Å². The van der Waals surface area contributed by atoms with E-state index in [4.69, 9.17) is 4.74 Å². The van der Waals surface area contributed by atoms with E-state index in [2.05, 4.69) is 15.6 Å². The van der Waals surface area contributed by atoms with Crippen molar-refractivity contribution in [3.05, 3.63) is 59.4 Å². The van der Waals surface area contributed by atoms with E-state index in [1.54, 1.807) is 12.1 Å². The molecule has 1 saturated carbocycles. The number of carbonyl (C=O) groups excluding carboxylic acids is 1. The van der Waals surface area contributed by atoms with Gasteiger partial charge in [-0.05, 0) is 93.3 Å². The molecular formula is C28H34F3N3O3. The number of aromatic nitrogens is 1. The molecule has 1 unspecified atom stereocenters. The second kappa shape index (κ2) is 10.8. The average molecular weight is 518 g/mol. The van der Waals surface area contributed by atoms with Gasteiger partial charge < -0.3 is 20.1 Å². The maximum Gasteiger partial charge on any atom is 0.237 e. The molecule has 0 aliphatic heterocycles. The van der Waals surface area contributed by atoms with Crippen molar-refractivity contribution in [1.82, 2.24) is 15.6 Å². The van der Waals surface area contributed by atoms with Crippen LogP contribution in [0.1, 0.15) is 58.4 Å². The molecule has 200 valence electrons. The first-order valence-electron chi connectivity index (χ1n) is 12.6. The lowest BCUT2D eigenvalue weighted by atomic mass is 9.70. The molecule has 0 spiro atoms. The molecule has 4 N–H and O–H groups in total.